The van der Waals surface area contributed by atoms with Gasteiger partial charge in [-0.1, -0.05) is 123 Å². The Labute approximate surface area is 482 Å². The highest BCUT2D eigenvalue weighted by Crippen LogP contribution is 2.42. The number of nitrogens with zero attached hydrogens (tertiary/aromatic N) is 8. The molecule has 0 radical (unpaired) electrons. The van der Waals surface area contributed by atoms with E-state index in [1.165, 1.54) is 36.1 Å². The van der Waals surface area contributed by atoms with Crippen molar-refractivity contribution >= 4 is 11.0 Å². The predicted octanol–water partition coefficient (Wildman–Crippen LogP) is 12.4. The average Bonchev–Trinajstić information content (AvgIpc) is 2.59. The summed E-state index contributed by atoms with van der Waals surface area (Å²) in [5, 5.41) is 25.4. The molecule has 0 amide bonds. The number of aryl methyl sites for hydroxylation is 1. The Morgan fingerprint density at radius 3 is 1.35 bits per heavy atom. The van der Waals surface area contributed by atoms with Crippen LogP contribution >= 0.6 is 0 Å². The summed E-state index contributed by atoms with van der Waals surface area (Å²) in [6.07, 6.45) is -18.7. The molecule has 3 N–H and O–H groups in total. The molecule has 9 aromatic rings. The number of tetrazole rings is 2. The van der Waals surface area contributed by atoms with Crippen LogP contribution in [0, 0.1) is 23.3 Å². The number of alkyl halides is 8. The first kappa shape index (κ1) is 64.1. The number of benzene rings is 7. The van der Waals surface area contributed by atoms with Crippen LogP contribution in [0.25, 0.3) is 0 Å². The Balaban J connectivity index is 0.000000283. The molecule has 26 heteroatoms. The molecular weight excluding hydrogens is 1160 g/mol. The van der Waals surface area contributed by atoms with E-state index in [1.807, 2.05) is 91.0 Å². The molecule has 7 aromatic carbocycles. The molecule has 85 heavy (non-hydrogen) atoms. The maximum atomic E-state index is 15.4. The highest BCUT2D eigenvalue weighted by Gasteiger charge is 2.48. The van der Waals surface area contributed by atoms with Gasteiger partial charge in [-0.3, -0.25) is 0 Å². The van der Waals surface area contributed by atoms with Crippen molar-refractivity contribution in [2.24, 2.45) is 12.8 Å². The van der Waals surface area contributed by atoms with Crippen LogP contribution in [0.15, 0.2) is 176 Å². The predicted molar refractivity (Wildman–Crippen MR) is 291 cm³/mol. The van der Waals surface area contributed by atoms with E-state index in [0.29, 0.717) is 12.1 Å². The Bertz CT molecular complexity index is 3580. The van der Waals surface area contributed by atoms with Crippen LogP contribution < -0.4 is 19.9 Å². The van der Waals surface area contributed by atoms with Crippen molar-refractivity contribution in [1.82, 2.24) is 45.1 Å². The zero-order valence-electron chi connectivity index (χ0n) is 44.6. The van der Waals surface area contributed by atoms with Crippen molar-refractivity contribution in [1.29, 1.82) is 0 Å². The number of hydrogen-bond acceptors (Lipinski definition) is 10. The third-order valence-corrected chi connectivity index (χ3v) is 14.7. The third-order valence-electron chi connectivity index (χ3n) is 13.0. The molecule has 448 valence electrons. The maximum Gasteiger partial charge on any atom is 0.461 e. The number of rotatable bonds is 20. The summed E-state index contributed by atoms with van der Waals surface area (Å²) in [5.41, 5.74) is 4.24. The second kappa shape index (κ2) is 25.8. The lowest BCUT2D eigenvalue weighted by atomic mass is 9.77. The number of hydrogen-bond donors (Lipinski definition) is 2. The molecule has 13 nitrogen and oxygen atoms in total. The van der Waals surface area contributed by atoms with Crippen LogP contribution in [0.1, 0.15) is 78.8 Å². The maximum absolute atomic E-state index is 15.4. The number of ether oxygens (including phenoxy) is 2. The van der Waals surface area contributed by atoms with Gasteiger partial charge < -0.3 is 15.2 Å². The van der Waals surface area contributed by atoms with Gasteiger partial charge >= 0.3 is 25.1 Å². The Kier molecular flexibility index (Phi) is 19.4. The smallest absolute Gasteiger partial charge is 0.428 e. The van der Waals surface area contributed by atoms with E-state index < -0.39 is 92.2 Å². The van der Waals surface area contributed by atoms with Gasteiger partial charge in [-0.15, -0.1) is 25.2 Å². The fourth-order valence-corrected chi connectivity index (χ4v) is 9.99. The lowest BCUT2D eigenvalue weighted by Gasteiger charge is -2.37. The zero-order chi connectivity index (χ0) is 60.8. The lowest BCUT2D eigenvalue weighted by Crippen LogP contribution is -2.50. The SMILES string of the molecule is C.CC(C)(C)S(=O)N[C@](Cc1nnn(C(c2ccccc2)(c2ccccc2)c2ccccc2)n1)(c1ccc(F)cc1)c1cc(F)cc(OC(F)(F)C(F)F)c1.Cn1nnc(C[C@@](N)(c2ccc(F)cc2)c2cc(F)cc(OC(F)(F)C(F)F)c2)n1. The summed E-state index contributed by atoms with van der Waals surface area (Å²) in [6, 6.07) is 42.9. The average molecular weight is 1210 g/mol. The minimum absolute atomic E-state index is 0. The van der Waals surface area contributed by atoms with Gasteiger partial charge in [-0.25, -0.2) is 26.5 Å². The Morgan fingerprint density at radius 1 is 0.518 bits per heavy atom. The van der Waals surface area contributed by atoms with Gasteiger partial charge in [0.1, 0.15) is 34.8 Å². The molecular formula is C59H54F12N10O3S. The molecule has 0 saturated carbocycles. The molecule has 2 heterocycles. The number of aromatic nitrogens is 8. The monoisotopic (exact) mass is 1210 g/mol. The summed E-state index contributed by atoms with van der Waals surface area (Å²) in [4.78, 5) is 2.57. The Morgan fingerprint density at radius 2 is 0.929 bits per heavy atom. The van der Waals surface area contributed by atoms with Crippen LogP contribution in [-0.2, 0) is 47.5 Å². The largest absolute Gasteiger partial charge is 0.461 e. The van der Waals surface area contributed by atoms with Crippen LogP contribution in [0.4, 0.5) is 52.7 Å². The van der Waals surface area contributed by atoms with Crippen LogP contribution in [-0.4, -0.2) is 74.4 Å². The van der Waals surface area contributed by atoms with Crippen molar-refractivity contribution in [3.8, 4) is 11.5 Å². The third kappa shape index (κ3) is 14.4. The normalized spacial score (nSPS) is 13.9. The van der Waals surface area contributed by atoms with E-state index in [1.54, 1.807) is 20.8 Å². The molecule has 0 aliphatic heterocycles. The van der Waals surface area contributed by atoms with Crippen molar-refractivity contribution in [3.05, 3.63) is 250 Å². The van der Waals surface area contributed by atoms with Gasteiger partial charge in [0, 0.05) is 25.0 Å². The highest BCUT2D eigenvalue weighted by molar-refractivity contribution is 7.84. The summed E-state index contributed by atoms with van der Waals surface area (Å²) in [6.45, 7) is 4.99. The van der Waals surface area contributed by atoms with Crippen LogP contribution in [0.5, 0.6) is 11.5 Å². The van der Waals surface area contributed by atoms with Crippen molar-refractivity contribution in [2.45, 2.75) is 87.5 Å². The molecule has 0 fully saturated rings. The summed E-state index contributed by atoms with van der Waals surface area (Å²) >= 11 is 0. The molecule has 9 rings (SSSR count). The fourth-order valence-electron chi connectivity index (χ4n) is 9.06. The topological polar surface area (TPSA) is 161 Å². The molecule has 0 bridgehead atoms. The van der Waals surface area contributed by atoms with Gasteiger partial charge in [-0.05, 0) is 119 Å². The van der Waals surface area contributed by atoms with E-state index >= 15 is 4.39 Å². The van der Waals surface area contributed by atoms with E-state index in [9.17, 15) is 52.5 Å². The molecule has 2 aromatic heterocycles. The van der Waals surface area contributed by atoms with Gasteiger partial charge in [-0.2, -0.15) is 39.9 Å². The molecule has 3 atom stereocenters. The lowest BCUT2D eigenvalue weighted by molar-refractivity contribution is -0.253. The van der Waals surface area contributed by atoms with E-state index in [4.69, 9.17) is 10.8 Å². The quantitative estimate of drug-likeness (QED) is 0.0555. The first-order valence-corrected chi connectivity index (χ1v) is 26.3. The molecule has 0 saturated heterocycles. The highest BCUT2D eigenvalue weighted by atomic mass is 32.2. The molecule has 1 unspecified atom stereocenters. The summed E-state index contributed by atoms with van der Waals surface area (Å²) in [5.74, 6) is -5.06. The second-order valence-corrected chi connectivity index (χ2v) is 22.0. The summed E-state index contributed by atoms with van der Waals surface area (Å²) in [7, 11) is -0.490. The van der Waals surface area contributed by atoms with Gasteiger partial charge in [0.25, 0.3) is 0 Å². The molecule has 0 aliphatic rings. The standard InChI is InChI=1S/C40H35F6N5O2S.C18H15F6N5O.CH4/c1-37(2,3)54(52)49-38(27-19-21-32(41)22-20-27,31-23-33(42)25-34(24-31)53-40(45,46)36(43)44)26-35-47-50-51(48-35)39(28-13-7-4-8-14-28,29-15-9-5-10-16-29)30-17-11-6-12-18-30;1-29-27-15(26-28-29)9-17(25,10-2-4-12(19)5-3-10)11-6-13(20)8-14(7-11)30-18(23,24)16(21)22;/h4-25,36,49H,26H2,1-3H3;2-8,16H,9,25H2,1H3;1H4/t38-,54?;17-;/m11./s1. The fraction of sp³-hybridized carbons (Fsp3) is 0.254. The van der Waals surface area contributed by atoms with Crippen molar-refractivity contribution in [2.75, 3.05) is 0 Å². The first-order chi connectivity index (χ1) is 39.6. The number of halogens is 12. The van der Waals surface area contributed by atoms with Gasteiger partial charge in [0.2, 0.25) is 0 Å². The van der Waals surface area contributed by atoms with Gasteiger partial charge in [0.05, 0.1) is 33.9 Å². The zero-order valence-corrected chi connectivity index (χ0v) is 45.5. The minimum atomic E-state index is -4.97. The number of nitrogens with two attached hydrogens (primary N) is 1. The van der Waals surface area contributed by atoms with Crippen molar-refractivity contribution < 1.29 is 66.4 Å². The minimum Gasteiger partial charge on any atom is -0.428 e. The van der Waals surface area contributed by atoms with E-state index in [2.05, 4.69) is 39.9 Å². The van der Waals surface area contributed by atoms with Crippen LogP contribution in [0.2, 0.25) is 0 Å². The first-order valence-electron chi connectivity index (χ1n) is 25.2. The molecule has 0 spiro atoms. The van der Waals surface area contributed by atoms with E-state index in [-0.39, 0.29) is 54.2 Å². The second-order valence-electron chi connectivity index (χ2n) is 20.0. The van der Waals surface area contributed by atoms with Gasteiger partial charge in [0.15, 0.2) is 17.2 Å². The number of nitrogens with one attached hydrogen (secondary N) is 1. The van der Waals surface area contributed by atoms with Crippen molar-refractivity contribution in [3.63, 3.8) is 0 Å². The summed E-state index contributed by atoms with van der Waals surface area (Å²) < 4.78 is 188. The molecule has 0 aliphatic carbocycles. The van der Waals surface area contributed by atoms with E-state index in [0.717, 1.165) is 70.0 Å². The van der Waals surface area contributed by atoms with Crippen LogP contribution in [0.3, 0.4) is 0 Å². The Hall–Kier alpha value is -8.49.